The lowest BCUT2D eigenvalue weighted by atomic mass is 10.2. The maximum absolute atomic E-state index is 12.0. The van der Waals surface area contributed by atoms with Gasteiger partial charge in [-0.25, -0.2) is 0 Å². The fourth-order valence-corrected chi connectivity index (χ4v) is 2.84. The molecule has 0 aromatic heterocycles. The number of halogens is 4. The van der Waals surface area contributed by atoms with Crippen LogP contribution in [0.4, 0.5) is 0 Å². The van der Waals surface area contributed by atoms with Gasteiger partial charge in [0.2, 0.25) is 11.8 Å². The summed E-state index contributed by atoms with van der Waals surface area (Å²) in [5, 5.41) is 7.21. The predicted molar refractivity (Wildman–Crippen MR) is 122 cm³/mol. The van der Waals surface area contributed by atoms with Crippen molar-refractivity contribution in [2.24, 2.45) is 0 Å². The molecule has 0 spiro atoms. The minimum Gasteiger partial charge on any atom is -0.351 e. The fourth-order valence-electron chi connectivity index (χ4n) is 2.23. The SMILES string of the molecule is CC(CNC(=O)C=Cc1ccc(Cl)c(Cl)c1)NC(=O)C=Cc1ccc(Cl)c(Cl)c1. The van der Waals surface area contributed by atoms with Crippen molar-refractivity contribution in [3.05, 3.63) is 79.8 Å². The average Bonchev–Trinajstić information content (AvgIpc) is 2.68. The molecule has 0 aliphatic rings. The minimum absolute atomic E-state index is 0.261. The van der Waals surface area contributed by atoms with E-state index in [0.717, 1.165) is 11.1 Å². The van der Waals surface area contributed by atoms with Gasteiger partial charge in [-0.3, -0.25) is 9.59 Å². The standard InChI is InChI=1S/C21H18Cl4N2O2/c1-13(27-21(29)9-5-15-3-7-17(23)19(25)11-15)12-26-20(28)8-4-14-2-6-16(22)18(24)10-14/h2-11,13H,12H2,1H3,(H,26,28)(H,27,29). The van der Waals surface area contributed by atoms with Crippen molar-refractivity contribution in [3.63, 3.8) is 0 Å². The van der Waals surface area contributed by atoms with E-state index in [2.05, 4.69) is 10.6 Å². The second-order valence-corrected chi connectivity index (χ2v) is 7.80. The molecule has 0 saturated heterocycles. The first-order chi connectivity index (χ1) is 13.7. The maximum Gasteiger partial charge on any atom is 0.244 e. The largest absolute Gasteiger partial charge is 0.351 e. The average molecular weight is 472 g/mol. The van der Waals surface area contributed by atoms with E-state index in [4.69, 9.17) is 46.4 Å². The molecule has 1 atom stereocenters. The lowest BCUT2D eigenvalue weighted by molar-refractivity contribution is -0.118. The van der Waals surface area contributed by atoms with Crippen molar-refractivity contribution >= 4 is 70.4 Å². The smallest absolute Gasteiger partial charge is 0.244 e. The van der Waals surface area contributed by atoms with Crippen LogP contribution in [0, 0.1) is 0 Å². The number of carbonyl (C=O) groups is 2. The second-order valence-electron chi connectivity index (χ2n) is 6.17. The highest BCUT2D eigenvalue weighted by Gasteiger charge is 2.06. The van der Waals surface area contributed by atoms with Gasteiger partial charge in [-0.15, -0.1) is 0 Å². The van der Waals surface area contributed by atoms with E-state index in [1.165, 1.54) is 12.2 Å². The number of amides is 2. The molecule has 0 saturated carbocycles. The summed E-state index contributed by atoms with van der Waals surface area (Å²) in [6, 6.07) is 9.88. The first kappa shape index (κ1) is 23.3. The van der Waals surface area contributed by atoms with Gasteiger partial charge < -0.3 is 10.6 Å². The van der Waals surface area contributed by atoms with Gasteiger partial charge in [0.15, 0.2) is 0 Å². The summed E-state index contributed by atoms with van der Waals surface area (Å²) >= 11 is 23.6. The molecule has 2 aromatic rings. The molecule has 0 bridgehead atoms. The zero-order valence-corrected chi connectivity index (χ0v) is 18.4. The molecule has 0 aliphatic heterocycles. The molecular weight excluding hydrogens is 454 g/mol. The number of benzene rings is 2. The molecule has 0 fully saturated rings. The van der Waals surface area contributed by atoms with Crippen molar-refractivity contribution < 1.29 is 9.59 Å². The van der Waals surface area contributed by atoms with Crippen molar-refractivity contribution in [3.8, 4) is 0 Å². The van der Waals surface area contributed by atoms with E-state index >= 15 is 0 Å². The molecule has 2 aromatic carbocycles. The highest BCUT2D eigenvalue weighted by molar-refractivity contribution is 6.42. The van der Waals surface area contributed by atoms with Crippen molar-refractivity contribution in [2.45, 2.75) is 13.0 Å². The molecule has 2 amide bonds. The van der Waals surface area contributed by atoms with Crippen LogP contribution < -0.4 is 10.6 Å². The van der Waals surface area contributed by atoms with Gasteiger partial charge in [0.25, 0.3) is 0 Å². The Morgan fingerprint density at radius 1 is 0.828 bits per heavy atom. The van der Waals surface area contributed by atoms with Crippen LogP contribution in [0.2, 0.25) is 20.1 Å². The Morgan fingerprint density at radius 2 is 1.31 bits per heavy atom. The van der Waals surface area contributed by atoms with Crippen molar-refractivity contribution in [1.82, 2.24) is 10.6 Å². The fraction of sp³-hybridized carbons (Fsp3) is 0.143. The molecule has 2 N–H and O–H groups in total. The molecule has 8 heteroatoms. The van der Waals surface area contributed by atoms with Gasteiger partial charge in [-0.05, 0) is 54.5 Å². The third-order valence-corrected chi connectivity index (χ3v) is 5.19. The summed E-state index contributed by atoms with van der Waals surface area (Å²) in [6.07, 6.45) is 6.03. The molecular formula is C21H18Cl4N2O2. The molecule has 152 valence electrons. The first-order valence-corrected chi connectivity index (χ1v) is 10.1. The van der Waals surface area contributed by atoms with Gasteiger partial charge in [0.1, 0.15) is 0 Å². The van der Waals surface area contributed by atoms with Gasteiger partial charge >= 0.3 is 0 Å². The molecule has 0 radical (unpaired) electrons. The van der Waals surface area contributed by atoms with Crippen molar-refractivity contribution in [2.75, 3.05) is 6.54 Å². The molecule has 1 unspecified atom stereocenters. The van der Waals surface area contributed by atoms with Gasteiger partial charge in [-0.2, -0.15) is 0 Å². The Balaban J connectivity index is 1.78. The summed E-state index contributed by atoms with van der Waals surface area (Å²) < 4.78 is 0. The maximum atomic E-state index is 12.0. The predicted octanol–water partition coefficient (Wildman–Crippen LogP) is 5.65. The molecule has 4 nitrogen and oxygen atoms in total. The minimum atomic E-state index is -0.288. The van der Waals surface area contributed by atoms with Gasteiger partial charge in [-0.1, -0.05) is 58.5 Å². The summed E-state index contributed by atoms with van der Waals surface area (Å²) in [4.78, 5) is 23.9. The van der Waals surface area contributed by atoms with Crippen LogP contribution in [0.3, 0.4) is 0 Å². The third kappa shape index (κ3) is 8.11. The second kappa shape index (κ2) is 11.3. The van der Waals surface area contributed by atoms with Gasteiger partial charge in [0, 0.05) is 24.7 Å². The Morgan fingerprint density at radius 3 is 1.79 bits per heavy atom. The Bertz CT molecular complexity index is 958. The summed E-state index contributed by atoms with van der Waals surface area (Å²) in [5.41, 5.74) is 1.51. The molecule has 2 rings (SSSR count). The van der Waals surface area contributed by atoms with E-state index in [1.807, 2.05) is 0 Å². The van der Waals surface area contributed by atoms with Crippen LogP contribution in [0.5, 0.6) is 0 Å². The highest BCUT2D eigenvalue weighted by atomic mass is 35.5. The van der Waals surface area contributed by atoms with Crippen LogP contribution in [0.25, 0.3) is 12.2 Å². The zero-order valence-electron chi connectivity index (χ0n) is 15.4. The number of carbonyl (C=O) groups excluding carboxylic acids is 2. The lowest BCUT2D eigenvalue weighted by Crippen LogP contribution is -2.40. The number of nitrogens with one attached hydrogen (secondary N) is 2. The summed E-state index contributed by atoms with van der Waals surface area (Å²) in [7, 11) is 0. The molecule has 0 aliphatic carbocycles. The Hall–Kier alpha value is -1.98. The Labute approximate surface area is 189 Å². The van der Waals surface area contributed by atoms with E-state index < -0.39 is 0 Å². The molecule has 29 heavy (non-hydrogen) atoms. The topological polar surface area (TPSA) is 58.2 Å². The van der Waals surface area contributed by atoms with E-state index in [0.29, 0.717) is 20.1 Å². The van der Waals surface area contributed by atoms with Crippen LogP contribution in [-0.4, -0.2) is 24.4 Å². The number of hydrogen-bond donors (Lipinski definition) is 2. The van der Waals surface area contributed by atoms with Crippen molar-refractivity contribution in [1.29, 1.82) is 0 Å². The Kier molecular flexibility index (Phi) is 9.05. The van der Waals surface area contributed by atoms with Crippen LogP contribution in [-0.2, 0) is 9.59 Å². The third-order valence-electron chi connectivity index (χ3n) is 3.71. The van der Waals surface area contributed by atoms with Gasteiger partial charge in [0.05, 0.1) is 20.1 Å². The van der Waals surface area contributed by atoms with Crippen LogP contribution in [0.15, 0.2) is 48.6 Å². The normalized spacial score (nSPS) is 12.3. The highest BCUT2D eigenvalue weighted by Crippen LogP contribution is 2.23. The number of hydrogen-bond acceptors (Lipinski definition) is 2. The summed E-state index contributed by atoms with van der Waals surface area (Å²) in [6.45, 7) is 2.06. The van der Waals surface area contributed by atoms with E-state index in [1.54, 1.807) is 55.5 Å². The quantitative estimate of drug-likeness (QED) is 0.512. The first-order valence-electron chi connectivity index (χ1n) is 8.59. The van der Waals surface area contributed by atoms with Crippen LogP contribution >= 0.6 is 46.4 Å². The van der Waals surface area contributed by atoms with E-state index in [-0.39, 0.29) is 24.4 Å². The lowest BCUT2D eigenvalue weighted by Gasteiger charge is -2.12. The zero-order chi connectivity index (χ0) is 21.4. The monoisotopic (exact) mass is 470 g/mol. The number of rotatable bonds is 7. The van der Waals surface area contributed by atoms with Crippen LogP contribution in [0.1, 0.15) is 18.1 Å². The molecule has 0 heterocycles. The summed E-state index contributed by atoms with van der Waals surface area (Å²) in [5.74, 6) is -0.576. The van der Waals surface area contributed by atoms with E-state index in [9.17, 15) is 9.59 Å².